The fraction of sp³-hybridized carbons (Fsp3) is 0.417. The van der Waals surface area contributed by atoms with Crippen molar-refractivity contribution in [3.8, 4) is 11.5 Å². The van der Waals surface area contributed by atoms with E-state index in [1.54, 1.807) is 36.4 Å². The lowest BCUT2D eigenvalue weighted by molar-refractivity contribution is 0.0352. The summed E-state index contributed by atoms with van der Waals surface area (Å²) >= 11 is 0. The minimum absolute atomic E-state index is 0.166. The van der Waals surface area contributed by atoms with Crippen molar-refractivity contribution in [2.45, 2.75) is 64.6 Å². The van der Waals surface area contributed by atoms with Gasteiger partial charge in [0.1, 0.15) is 23.7 Å². The Morgan fingerprint density at radius 3 is 1.50 bits per heavy atom. The van der Waals surface area contributed by atoms with Crippen molar-refractivity contribution < 1.29 is 29.3 Å². The van der Waals surface area contributed by atoms with E-state index in [0.717, 1.165) is 38.5 Å². The van der Waals surface area contributed by atoms with Gasteiger partial charge in [0.2, 0.25) is 0 Å². The summed E-state index contributed by atoms with van der Waals surface area (Å²) in [5, 5.41) is 19.4. The number of cyclic esters (lactones) is 2. The first-order valence-corrected chi connectivity index (χ1v) is 10.5. The SMILES string of the molecule is CCCCC1OC(=O)c2cccc(O)c21.CCCCC1OC(=O)c2cccc(O)c21. The number of hydrogen-bond acceptors (Lipinski definition) is 6. The molecule has 0 amide bonds. The highest BCUT2D eigenvalue weighted by Gasteiger charge is 2.33. The highest BCUT2D eigenvalue weighted by atomic mass is 16.6. The van der Waals surface area contributed by atoms with Crippen LogP contribution in [0.1, 0.15) is 96.4 Å². The van der Waals surface area contributed by atoms with Crippen molar-refractivity contribution in [1.82, 2.24) is 0 Å². The summed E-state index contributed by atoms with van der Waals surface area (Å²) in [5.41, 5.74) is 2.35. The maximum atomic E-state index is 11.5. The predicted molar refractivity (Wildman–Crippen MR) is 112 cm³/mol. The summed E-state index contributed by atoms with van der Waals surface area (Å²) in [5.74, 6) is -0.303. The Balaban J connectivity index is 0.000000171. The van der Waals surface area contributed by atoms with Crippen LogP contribution >= 0.6 is 0 Å². The van der Waals surface area contributed by atoms with Crippen LogP contribution in [0.15, 0.2) is 36.4 Å². The molecule has 0 aliphatic carbocycles. The molecular formula is C24H28O6. The average molecular weight is 412 g/mol. The Morgan fingerprint density at radius 2 is 1.13 bits per heavy atom. The van der Waals surface area contributed by atoms with E-state index in [1.807, 2.05) is 0 Å². The molecule has 0 aromatic heterocycles. The van der Waals surface area contributed by atoms with Gasteiger partial charge in [-0.2, -0.15) is 0 Å². The summed E-state index contributed by atoms with van der Waals surface area (Å²) in [7, 11) is 0. The first-order valence-electron chi connectivity index (χ1n) is 10.5. The molecule has 6 nitrogen and oxygen atoms in total. The van der Waals surface area contributed by atoms with Gasteiger partial charge >= 0.3 is 11.9 Å². The Kier molecular flexibility index (Phi) is 6.98. The number of phenols is 2. The van der Waals surface area contributed by atoms with Crippen LogP contribution in [0.4, 0.5) is 0 Å². The van der Waals surface area contributed by atoms with E-state index in [2.05, 4.69) is 13.8 Å². The van der Waals surface area contributed by atoms with E-state index in [-0.39, 0.29) is 35.6 Å². The second-order valence-electron chi connectivity index (χ2n) is 7.55. The number of hydrogen-bond donors (Lipinski definition) is 2. The number of aromatic hydroxyl groups is 2. The molecule has 2 atom stereocenters. The predicted octanol–water partition coefficient (Wildman–Crippen LogP) is 5.59. The lowest BCUT2D eigenvalue weighted by atomic mass is 10.0. The zero-order chi connectivity index (χ0) is 21.7. The van der Waals surface area contributed by atoms with Crippen LogP contribution in [0.3, 0.4) is 0 Å². The van der Waals surface area contributed by atoms with Gasteiger partial charge < -0.3 is 19.7 Å². The van der Waals surface area contributed by atoms with E-state index in [1.165, 1.54) is 0 Å². The first-order chi connectivity index (χ1) is 14.5. The topological polar surface area (TPSA) is 93.1 Å². The highest BCUT2D eigenvalue weighted by molar-refractivity contribution is 5.95. The van der Waals surface area contributed by atoms with Crippen molar-refractivity contribution in [2.75, 3.05) is 0 Å². The normalized spacial score (nSPS) is 18.7. The van der Waals surface area contributed by atoms with Crippen LogP contribution in [-0.4, -0.2) is 22.2 Å². The van der Waals surface area contributed by atoms with Gasteiger partial charge in [-0.05, 0) is 49.9 Å². The lowest BCUT2D eigenvalue weighted by Crippen LogP contribution is -1.98. The first kappa shape index (κ1) is 21.7. The van der Waals surface area contributed by atoms with Crippen molar-refractivity contribution in [3.05, 3.63) is 58.7 Å². The molecule has 4 rings (SSSR count). The molecule has 0 bridgehead atoms. The molecule has 160 valence electrons. The molecule has 30 heavy (non-hydrogen) atoms. The van der Waals surface area contributed by atoms with Crippen molar-refractivity contribution >= 4 is 11.9 Å². The number of unbranched alkanes of at least 4 members (excludes halogenated alkanes) is 2. The summed E-state index contributed by atoms with van der Waals surface area (Å²) in [4.78, 5) is 22.9. The quantitative estimate of drug-likeness (QED) is 0.601. The zero-order valence-electron chi connectivity index (χ0n) is 17.4. The Hall–Kier alpha value is -3.02. The summed E-state index contributed by atoms with van der Waals surface area (Å²) in [6.45, 7) is 4.17. The molecule has 2 aliphatic heterocycles. The van der Waals surface area contributed by atoms with Gasteiger partial charge in [0.25, 0.3) is 0 Å². The number of esters is 2. The van der Waals surface area contributed by atoms with E-state index in [9.17, 15) is 19.8 Å². The molecule has 2 N–H and O–H groups in total. The molecule has 2 heterocycles. The maximum Gasteiger partial charge on any atom is 0.339 e. The fourth-order valence-corrected chi connectivity index (χ4v) is 3.83. The number of phenolic OH excluding ortho intramolecular Hbond substituents is 2. The van der Waals surface area contributed by atoms with Crippen LogP contribution in [-0.2, 0) is 9.47 Å². The van der Waals surface area contributed by atoms with Crippen LogP contribution in [0.2, 0.25) is 0 Å². The third-order valence-electron chi connectivity index (χ3n) is 5.39. The summed E-state index contributed by atoms with van der Waals surface area (Å²) in [6, 6.07) is 9.92. The zero-order valence-corrected chi connectivity index (χ0v) is 17.4. The smallest absolute Gasteiger partial charge is 0.339 e. The lowest BCUT2D eigenvalue weighted by Gasteiger charge is -2.10. The molecule has 2 aromatic carbocycles. The van der Waals surface area contributed by atoms with Crippen molar-refractivity contribution in [2.24, 2.45) is 0 Å². The van der Waals surface area contributed by atoms with Crippen LogP contribution in [0.5, 0.6) is 11.5 Å². The molecule has 0 spiro atoms. The second kappa shape index (κ2) is 9.65. The minimum atomic E-state index is -0.318. The van der Waals surface area contributed by atoms with E-state index in [4.69, 9.17) is 9.47 Å². The van der Waals surface area contributed by atoms with Crippen LogP contribution in [0.25, 0.3) is 0 Å². The molecule has 0 saturated carbocycles. The number of carbonyl (C=O) groups excluding carboxylic acids is 2. The highest BCUT2D eigenvalue weighted by Crippen LogP contribution is 2.40. The Labute approximate surface area is 176 Å². The molecule has 2 aromatic rings. The Morgan fingerprint density at radius 1 is 0.733 bits per heavy atom. The largest absolute Gasteiger partial charge is 0.508 e. The van der Waals surface area contributed by atoms with Gasteiger partial charge in [0, 0.05) is 11.1 Å². The molecular weight excluding hydrogens is 384 g/mol. The van der Waals surface area contributed by atoms with E-state index in [0.29, 0.717) is 22.3 Å². The number of benzene rings is 2. The van der Waals surface area contributed by atoms with Gasteiger partial charge in [0.15, 0.2) is 0 Å². The third kappa shape index (κ3) is 4.42. The van der Waals surface area contributed by atoms with Crippen molar-refractivity contribution in [3.63, 3.8) is 0 Å². The number of carbonyl (C=O) groups is 2. The van der Waals surface area contributed by atoms with E-state index >= 15 is 0 Å². The van der Waals surface area contributed by atoms with Gasteiger partial charge in [-0.1, -0.05) is 38.8 Å². The van der Waals surface area contributed by atoms with Gasteiger partial charge in [-0.25, -0.2) is 9.59 Å². The summed E-state index contributed by atoms with van der Waals surface area (Å²) in [6.07, 6.45) is 5.15. The molecule has 0 fully saturated rings. The molecule has 2 unspecified atom stereocenters. The second-order valence-corrected chi connectivity index (χ2v) is 7.55. The molecule has 0 radical (unpaired) electrons. The fourth-order valence-electron chi connectivity index (χ4n) is 3.83. The third-order valence-corrected chi connectivity index (χ3v) is 5.39. The maximum absolute atomic E-state index is 11.5. The van der Waals surface area contributed by atoms with Crippen molar-refractivity contribution in [1.29, 1.82) is 0 Å². The molecule has 6 heteroatoms. The summed E-state index contributed by atoms with van der Waals surface area (Å²) < 4.78 is 10.4. The van der Waals surface area contributed by atoms with Crippen LogP contribution < -0.4 is 0 Å². The monoisotopic (exact) mass is 412 g/mol. The van der Waals surface area contributed by atoms with Crippen LogP contribution in [0, 0.1) is 0 Å². The number of ether oxygens (including phenoxy) is 2. The molecule has 0 saturated heterocycles. The Bertz CT molecular complexity index is 844. The average Bonchev–Trinajstić information content (AvgIpc) is 3.24. The van der Waals surface area contributed by atoms with Gasteiger partial charge in [0.05, 0.1) is 11.1 Å². The van der Waals surface area contributed by atoms with E-state index < -0.39 is 0 Å². The van der Waals surface area contributed by atoms with Gasteiger partial charge in [-0.15, -0.1) is 0 Å². The molecule has 2 aliphatic rings. The standard InChI is InChI=1S/2C12H14O3/c2*1-2-3-7-10-11-8(12(14)15-10)5-4-6-9(11)13/h2*4-6,10,13H,2-3,7H2,1H3. The van der Waals surface area contributed by atoms with Gasteiger partial charge in [-0.3, -0.25) is 0 Å². The number of fused-ring (bicyclic) bond motifs is 2. The number of rotatable bonds is 6. The minimum Gasteiger partial charge on any atom is -0.508 e.